The van der Waals surface area contributed by atoms with Crippen LogP contribution in [-0.4, -0.2) is 42.9 Å². The molecule has 0 spiro atoms. The number of pyridine rings is 1. The van der Waals surface area contributed by atoms with Crippen molar-refractivity contribution in [3.05, 3.63) is 51.8 Å². The zero-order valence-electron chi connectivity index (χ0n) is 13.1. The minimum absolute atomic E-state index is 0.0709. The van der Waals surface area contributed by atoms with Gasteiger partial charge in [-0.2, -0.15) is 0 Å². The van der Waals surface area contributed by atoms with Crippen LogP contribution in [0.15, 0.2) is 35.1 Å². The Bertz CT molecular complexity index is 1060. The summed E-state index contributed by atoms with van der Waals surface area (Å²) in [6, 6.07) is 8.47. The number of nitrogens with zero attached hydrogens (tertiary/aromatic N) is 3. The van der Waals surface area contributed by atoms with Crippen LogP contribution in [0.3, 0.4) is 0 Å². The van der Waals surface area contributed by atoms with Crippen molar-refractivity contribution in [3.63, 3.8) is 0 Å². The van der Waals surface area contributed by atoms with Gasteiger partial charge in [-0.3, -0.25) is 4.79 Å². The number of benzene rings is 1. The van der Waals surface area contributed by atoms with Gasteiger partial charge in [0.2, 0.25) is 0 Å². The van der Waals surface area contributed by atoms with Crippen LogP contribution >= 0.6 is 0 Å². The van der Waals surface area contributed by atoms with Crippen LogP contribution in [0.1, 0.15) is 11.1 Å². The Hall–Kier alpha value is -3.42. The lowest BCUT2D eigenvalue weighted by molar-refractivity contribution is 0.140. The van der Waals surface area contributed by atoms with Gasteiger partial charge in [-0.15, -0.1) is 10.2 Å². The number of carboxylic acid groups (broad SMARTS) is 1. The lowest BCUT2D eigenvalue weighted by Crippen LogP contribution is -2.37. The minimum atomic E-state index is -1.03. The zero-order chi connectivity index (χ0) is 17.6. The fraction of sp³-hybridized carbons (Fsp3) is 0.176. The van der Waals surface area contributed by atoms with E-state index in [1.807, 2.05) is 0 Å². The standard InChI is InChI=1S/C17H14N4O4/c22-14-4-2-1-3-10(14)13-7-11-12-8-21(17(24)25)6-5-9(12)16(23)18-15(11)20-19-13/h1-4,7,22H,5-6,8H2,(H,24,25)(H,18,20,23). The molecule has 25 heavy (non-hydrogen) atoms. The molecular weight excluding hydrogens is 324 g/mol. The molecule has 4 rings (SSSR count). The highest BCUT2D eigenvalue weighted by Crippen LogP contribution is 2.30. The second-order valence-corrected chi connectivity index (χ2v) is 5.87. The van der Waals surface area contributed by atoms with Crippen molar-refractivity contribution in [1.82, 2.24) is 20.1 Å². The van der Waals surface area contributed by atoms with Gasteiger partial charge < -0.3 is 20.1 Å². The summed E-state index contributed by atoms with van der Waals surface area (Å²) in [5.74, 6) is 0.0709. The molecule has 3 N–H and O–H groups in total. The summed E-state index contributed by atoms with van der Waals surface area (Å²) in [6.07, 6.45) is -0.678. The Labute approximate surface area is 141 Å². The molecule has 0 aliphatic carbocycles. The van der Waals surface area contributed by atoms with Crippen LogP contribution in [0.2, 0.25) is 0 Å². The third-order valence-electron chi connectivity index (χ3n) is 4.42. The van der Waals surface area contributed by atoms with Gasteiger partial charge in [0.1, 0.15) is 5.75 Å². The number of aromatic hydroxyl groups is 1. The summed E-state index contributed by atoms with van der Waals surface area (Å²) in [4.78, 5) is 27.5. The molecule has 1 amide bonds. The van der Waals surface area contributed by atoms with Crippen molar-refractivity contribution in [2.75, 3.05) is 6.54 Å². The second-order valence-electron chi connectivity index (χ2n) is 5.87. The van der Waals surface area contributed by atoms with Crippen LogP contribution in [0, 0.1) is 0 Å². The number of rotatable bonds is 1. The largest absolute Gasteiger partial charge is 0.507 e. The SMILES string of the molecule is O=C(O)N1CCc2c(c3cc(-c4ccccc4O)nnc3[nH]c2=O)C1. The summed E-state index contributed by atoms with van der Waals surface area (Å²) in [5, 5.41) is 28.0. The average molecular weight is 338 g/mol. The predicted molar refractivity (Wildman–Crippen MR) is 89.4 cm³/mol. The molecule has 8 heteroatoms. The monoisotopic (exact) mass is 338 g/mol. The summed E-state index contributed by atoms with van der Waals surface area (Å²) < 4.78 is 0. The normalized spacial score (nSPS) is 13.7. The Kier molecular flexibility index (Phi) is 3.38. The van der Waals surface area contributed by atoms with E-state index < -0.39 is 6.09 Å². The van der Waals surface area contributed by atoms with Crippen LogP contribution in [0.5, 0.6) is 5.75 Å². The highest BCUT2D eigenvalue weighted by Gasteiger charge is 2.25. The maximum atomic E-state index is 12.2. The molecular formula is C17H14N4O4. The molecule has 0 saturated carbocycles. The number of nitrogens with one attached hydrogen (secondary N) is 1. The number of carbonyl (C=O) groups is 1. The molecule has 0 saturated heterocycles. The molecule has 3 aromatic rings. The van der Waals surface area contributed by atoms with Gasteiger partial charge in [0, 0.05) is 23.1 Å². The van der Waals surface area contributed by atoms with Gasteiger partial charge in [0.15, 0.2) is 5.65 Å². The first-order valence-corrected chi connectivity index (χ1v) is 7.72. The van der Waals surface area contributed by atoms with Gasteiger partial charge in [-0.1, -0.05) is 12.1 Å². The van der Waals surface area contributed by atoms with Crippen molar-refractivity contribution in [1.29, 1.82) is 0 Å². The lowest BCUT2D eigenvalue weighted by atomic mass is 9.98. The highest BCUT2D eigenvalue weighted by atomic mass is 16.4. The number of para-hydroxylation sites is 1. The molecule has 1 aliphatic heterocycles. The van der Waals surface area contributed by atoms with E-state index in [1.54, 1.807) is 30.3 Å². The third kappa shape index (κ3) is 2.47. The van der Waals surface area contributed by atoms with Gasteiger partial charge in [0.25, 0.3) is 5.56 Å². The first-order chi connectivity index (χ1) is 12.0. The van der Waals surface area contributed by atoms with Crippen molar-refractivity contribution >= 4 is 17.1 Å². The highest BCUT2D eigenvalue weighted by molar-refractivity contribution is 5.84. The Balaban J connectivity index is 1.94. The van der Waals surface area contributed by atoms with E-state index in [4.69, 9.17) is 0 Å². The Morgan fingerprint density at radius 1 is 1.20 bits per heavy atom. The predicted octanol–water partition coefficient (Wildman–Crippen LogP) is 1.73. The molecule has 0 bridgehead atoms. The smallest absolute Gasteiger partial charge is 0.407 e. The van der Waals surface area contributed by atoms with Gasteiger partial charge in [0.05, 0.1) is 12.2 Å². The van der Waals surface area contributed by atoms with Crippen molar-refractivity contribution in [2.45, 2.75) is 13.0 Å². The Morgan fingerprint density at radius 2 is 2.00 bits per heavy atom. The first kappa shape index (κ1) is 15.1. The van der Waals surface area contributed by atoms with E-state index in [0.29, 0.717) is 39.8 Å². The number of hydrogen-bond acceptors (Lipinski definition) is 5. The van der Waals surface area contributed by atoms with Crippen LogP contribution < -0.4 is 5.56 Å². The third-order valence-corrected chi connectivity index (χ3v) is 4.42. The number of H-pyrrole nitrogens is 1. The number of hydrogen-bond donors (Lipinski definition) is 3. The van der Waals surface area contributed by atoms with Crippen molar-refractivity contribution < 1.29 is 15.0 Å². The first-order valence-electron chi connectivity index (χ1n) is 7.72. The van der Waals surface area contributed by atoms with E-state index in [0.717, 1.165) is 0 Å². The van der Waals surface area contributed by atoms with E-state index >= 15 is 0 Å². The number of phenols is 1. The second kappa shape index (κ2) is 5.59. The summed E-state index contributed by atoms with van der Waals surface area (Å²) in [5.41, 5.74) is 2.21. The minimum Gasteiger partial charge on any atom is -0.507 e. The van der Waals surface area contributed by atoms with E-state index in [-0.39, 0.29) is 24.4 Å². The quantitative estimate of drug-likeness (QED) is 0.621. The molecule has 2 aromatic heterocycles. The fourth-order valence-electron chi connectivity index (χ4n) is 3.14. The lowest BCUT2D eigenvalue weighted by Gasteiger charge is -2.26. The number of aromatic nitrogens is 3. The van der Waals surface area contributed by atoms with Gasteiger partial charge in [-0.05, 0) is 30.2 Å². The fourth-order valence-corrected chi connectivity index (χ4v) is 3.14. The van der Waals surface area contributed by atoms with Crippen molar-refractivity contribution in [2.24, 2.45) is 0 Å². The number of phenolic OH excluding ortho intramolecular Hbond substituents is 1. The van der Waals surface area contributed by atoms with E-state index in [2.05, 4.69) is 15.2 Å². The molecule has 126 valence electrons. The molecule has 0 fully saturated rings. The maximum absolute atomic E-state index is 12.2. The molecule has 1 aliphatic rings. The zero-order valence-corrected chi connectivity index (χ0v) is 13.1. The molecule has 0 unspecified atom stereocenters. The van der Waals surface area contributed by atoms with E-state index in [9.17, 15) is 19.8 Å². The van der Waals surface area contributed by atoms with Crippen LogP contribution in [0.25, 0.3) is 22.3 Å². The average Bonchev–Trinajstić information content (AvgIpc) is 2.62. The number of amides is 1. The van der Waals surface area contributed by atoms with Gasteiger partial charge in [-0.25, -0.2) is 4.79 Å². The van der Waals surface area contributed by atoms with E-state index in [1.165, 1.54) is 4.90 Å². The number of fused-ring (bicyclic) bond motifs is 3. The summed E-state index contributed by atoms with van der Waals surface area (Å²) >= 11 is 0. The maximum Gasteiger partial charge on any atom is 0.407 e. The molecule has 8 nitrogen and oxygen atoms in total. The molecule has 0 radical (unpaired) electrons. The van der Waals surface area contributed by atoms with Gasteiger partial charge >= 0.3 is 6.09 Å². The molecule has 1 aromatic carbocycles. The molecule has 0 atom stereocenters. The van der Waals surface area contributed by atoms with Crippen LogP contribution in [0.4, 0.5) is 4.79 Å². The van der Waals surface area contributed by atoms with Crippen molar-refractivity contribution in [3.8, 4) is 17.0 Å². The molecule has 3 heterocycles. The Morgan fingerprint density at radius 3 is 2.76 bits per heavy atom. The van der Waals surface area contributed by atoms with Crippen LogP contribution in [-0.2, 0) is 13.0 Å². The summed E-state index contributed by atoms with van der Waals surface area (Å²) in [6.45, 7) is 0.402. The number of aromatic amines is 1. The topological polar surface area (TPSA) is 119 Å². The summed E-state index contributed by atoms with van der Waals surface area (Å²) in [7, 11) is 0.